The first-order valence-electron chi connectivity index (χ1n) is 6.10. The van der Waals surface area contributed by atoms with Crippen molar-refractivity contribution in [2.45, 2.75) is 18.9 Å². The van der Waals surface area contributed by atoms with Crippen LogP contribution >= 0.6 is 0 Å². The minimum atomic E-state index is -0.291. The Kier molecular flexibility index (Phi) is 3.96. The molecule has 0 aromatic heterocycles. The average Bonchev–Trinajstić information content (AvgIpc) is 2.78. The number of likely N-dealkylation sites (tertiary alicyclic amines) is 1. The van der Waals surface area contributed by atoms with Gasteiger partial charge in [-0.05, 0) is 18.8 Å². The number of hydrogen-bond acceptors (Lipinski definition) is 4. The van der Waals surface area contributed by atoms with Crippen LogP contribution in [0.1, 0.15) is 12.8 Å². The largest absolute Gasteiger partial charge is 0.396 e. The van der Waals surface area contributed by atoms with E-state index in [4.69, 9.17) is 5.11 Å². The molecule has 0 aliphatic carbocycles. The van der Waals surface area contributed by atoms with Gasteiger partial charge in [-0.1, -0.05) is 0 Å². The van der Waals surface area contributed by atoms with E-state index in [1.54, 1.807) is 0 Å². The van der Waals surface area contributed by atoms with Gasteiger partial charge in [0.15, 0.2) is 0 Å². The summed E-state index contributed by atoms with van der Waals surface area (Å²) in [5.74, 6) is 0.418. The molecule has 2 unspecified atom stereocenters. The van der Waals surface area contributed by atoms with Crippen molar-refractivity contribution in [2.75, 3.05) is 32.8 Å². The van der Waals surface area contributed by atoms with Crippen LogP contribution in [0.3, 0.4) is 0 Å². The van der Waals surface area contributed by atoms with E-state index in [-0.39, 0.29) is 31.0 Å². The lowest BCUT2D eigenvalue weighted by atomic mass is 10.1. The van der Waals surface area contributed by atoms with Crippen molar-refractivity contribution in [1.29, 1.82) is 0 Å². The fourth-order valence-corrected chi connectivity index (χ4v) is 2.41. The lowest BCUT2D eigenvalue weighted by Gasteiger charge is -2.27. The van der Waals surface area contributed by atoms with E-state index < -0.39 is 0 Å². The molecule has 2 heterocycles. The maximum atomic E-state index is 12.1. The molecule has 2 fully saturated rings. The predicted octanol–water partition coefficient (Wildman–Crippen LogP) is -1.69. The smallest absolute Gasteiger partial charge is 0.241 e. The fraction of sp³-hybridized carbons (Fsp3) is 0.818. The van der Waals surface area contributed by atoms with Crippen molar-refractivity contribution in [3.63, 3.8) is 0 Å². The van der Waals surface area contributed by atoms with Crippen molar-refractivity contribution in [3.05, 3.63) is 0 Å². The third-order valence-corrected chi connectivity index (χ3v) is 3.45. The third-order valence-electron chi connectivity index (χ3n) is 3.45. The first kappa shape index (κ1) is 12.3. The van der Waals surface area contributed by atoms with Gasteiger partial charge in [0.2, 0.25) is 11.8 Å². The minimum Gasteiger partial charge on any atom is -0.396 e. The number of aliphatic hydroxyl groups is 1. The average molecular weight is 241 g/mol. The van der Waals surface area contributed by atoms with E-state index in [1.165, 1.54) is 0 Å². The summed E-state index contributed by atoms with van der Waals surface area (Å²) < 4.78 is 0. The second-order valence-electron chi connectivity index (χ2n) is 4.69. The van der Waals surface area contributed by atoms with Crippen molar-refractivity contribution in [3.8, 4) is 0 Å². The summed E-state index contributed by atoms with van der Waals surface area (Å²) in [6, 6.07) is -0.291. The summed E-state index contributed by atoms with van der Waals surface area (Å²) in [6.07, 6.45) is 1.73. The summed E-state index contributed by atoms with van der Waals surface area (Å²) in [5.41, 5.74) is 0. The summed E-state index contributed by atoms with van der Waals surface area (Å²) >= 11 is 0. The van der Waals surface area contributed by atoms with Crippen LogP contribution in [0.4, 0.5) is 0 Å². The molecule has 0 bridgehead atoms. The maximum Gasteiger partial charge on any atom is 0.241 e. The van der Waals surface area contributed by atoms with E-state index in [1.807, 2.05) is 4.90 Å². The molecule has 96 valence electrons. The Morgan fingerprint density at radius 3 is 3.00 bits per heavy atom. The molecule has 0 aromatic carbocycles. The number of piperazine rings is 1. The van der Waals surface area contributed by atoms with Gasteiger partial charge >= 0.3 is 0 Å². The lowest BCUT2D eigenvalue weighted by Crippen LogP contribution is -2.58. The van der Waals surface area contributed by atoms with Gasteiger partial charge in [-0.15, -0.1) is 0 Å². The van der Waals surface area contributed by atoms with Crippen LogP contribution in [-0.2, 0) is 9.59 Å². The quantitative estimate of drug-likeness (QED) is 0.550. The Morgan fingerprint density at radius 2 is 2.35 bits per heavy atom. The number of rotatable bonds is 3. The molecule has 2 aliphatic rings. The zero-order valence-electron chi connectivity index (χ0n) is 9.82. The first-order valence-corrected chi connectivity index (χ1v) is 6.10. The topological polar surface area (TPSA) is 81.7 Å². The van der Waals surface area contributed by atoms with Crippen LogP contribution in [-0.4, -0.2) is 60.6 Å². The highest BCUT2D eigenvalue weighted by atomic mass is 16.3. The normalized spacial score (nSPS) is 29.2. The molecule has 3 N–H and O–H groups in total. The van der Waals surface area contributed by atoms with E-state index in [0.29, 0.717) is 12.5 Å². The predicted molar refractivity (Wildman–Crippen MR) is 61.2 cm³/mol. The molecular formula is C11H19N3O3. The molecular weight excluding hydrogens is 222 g/mol. The molecule has 2 aliphatic heterocycles. The molecule has 2 atom stereocenters. The third kappa shape index (κ3) is 2.95. The van der Waals surface area contributed by atoms with Crippen molar-refractivity contribution in [1.82, 2.24) is 15.5 Å². The lowest BCUT2D eigenvalue weighted by molar-refractivity contribution is -0.134. The monoisotopic (exact) mass is 241 g/mol. The van der Waals surface area contributed by atoms with Crippen LogP contribution in [0.25, 0.3) is 0 Å². The molecule has 2 rings (SSSR count). The summed E-state index contributed by atoms with van der Waals surface area (Å²) in [7, 11) is 0. The summed E-state index contributed by atoms with van der Waals surface area (Å²) in [4.78, 5) is 24.9. The molecule has 17 heavy (non-hydrogen) atoms. The van der Waals surface area contributed by atoms with Gasteiger partial charge in [0.1, 0.15) is 6.04 Å². The minimum absolute atomic E-state index is 0.0606. The number of aliphatic hydroxyl groups excluding tert-OH is 1. The molecule has 0 radical (unpaired) electrons. The van der Waals surface area contributed by atoms with Gasteiger partial charge in [0.05, 0.1) is 6.54 Å². The summed E-state index contributed by atoms with van der Waals surface area (Å²) in [5, 5.41) is 14.5. The van der Waals surface area contributed by atoms with Crippen LogP contribution in [0.5, 0.6) is 0 Å². The Labute approximate surface area is 100 Å². The van der Waals surface area contributed by atoms with Gasteiger partial charge < -0.3 is 15.3 Å². The van der Waals surface area contributed by atoms with E-state index in [9.17, 15) is 9.59 Å². The Hall–Kier alpha value is -1.14. The van der Waals surface area contributed by atoms with E-state index in [0.717, 1.165) is 25.9 Å². The van der Waals surface area contributed by atoms with Gasteiger partial charge in [0, 0.05) is 26.2 Å². The van der Waals surface area contributed by atoms with Crippen LogP contribution < -0.4 is 10.6 Å². The number of carbonyl (C=O) groups is 2. The Bertz CT molecular complexity index is 298. The highest BCUT2D eigenvalue weighted by Gasteiger charge is 2.32. The summed E-state index contributed by atoms with van der Waals surface area (Å²) in [6.45, 7) is 2.26. The number of hydrogen-bond donors (Lipinski definition) is 3. The molecule has 6 heteroatoms. The second kappa shape index (κ2) is 5.46. The first-order chi connectivity index (χ1) is 8.20. The van der Waals surface area contributed by atoms with Gasteiger partial charge in [0.25, 0.3) is 0 Å². The number of carbonyl (C=O) groups excluding carboxylic acids is 2. The van der Waals surface area contributed by atoms with Gasteiger partial charge in [-0.2, -0.15) is 0 Å². The highest BCUT2D eigenvalue weighted by molar-refractivity contribution is 5.86. The number of nitrogens with one attached hydrogen (secondary N) is 2. The maximum absolute atomic E-state index is 12.1. The van der Waals surface area contributed by atoms with Crippen LogP contribution in [0, 0.1) is 5.92 Å². The van der Waals surface area contributed by atoms with E-state index >= 15 is 0 Å². The van der Waals surface area contributed by atoms with Crippen molar-refractivity contribution >= 4 is 11.8 Å². The molecule has 0 aromatic rings. The fourth-order valence-electron chi connectivity index (χ4n) is 2.41. The van der Waals surface area contributed by atoms with Crippen LogP contribution in [0.15, 0.2) is 0 Å². The molecule has 0 spiro atoms. The molecule has 0 saturated carbocycles. The Morgan fingerprint density at radius 1 is 1.53 bits per heavy atom. The number of amides is 2. The zero-order chi connectivity index (χ0) is 12.3. The molecule has 6 nitrogen and oxygen atoms in total. The van der Waals surface area contributed by atoms with Crippen LogP contribution in [0.2, 0.25) is 0 Å². The highest BCUT2D eigenvalue weighted by Crippen LogP contribution is 2.19. The second-order valence-corrected chi connectivity index (χ2v) is 4.69. The molecule has 2 amide bonds. The Balaban J connectivity index is 1.82. The SMILES string of the molecule is O=C1CNC(C(=O)N2CCC(CCO)C2)CN1. The van der Waals surface area contributed by atoms with Gasteiger partial charge in [-0.25, -0.2) is 0 Å². The zero-order valence-corrected chi connectivity index (χ0v) is 9.82. The number of nitrogens with zero attached hydrogens (tertiary/aromatic N) is 1. The standard InChI is InChI=1S/C11H19N3O3/c15-4-2-8-1-3-14(7-8)11(17)9-5-13-10(16)6-12-9/h8-9,12,15H,1-7H2,(H,13,16). The van der Waals surface area contributed by atoms with Crippen molar-refractivity contribution in [2.24, 2.45) is 5.92 Å². The van der Waals surface area contributed by atoms with Crippen molar-refractivity contribution < 1.29 is 14.7 Å². The molecule has 2 saturated heterocycles. The van der Waals surface area contributed by atoms with Gasteiger partial charge in [-0.3, -0.25) is 14.9 Å². The van der Waals surface area contributed by atoms with E-state index in [2.05, 4.69) is 10.6 Å².